The van der Waals surface area contributed by atoms with E-state index in [2.05, 4.69) is 64.7 Å². The van der Waals surface area contributed by atoms with Gasteiger partial charge >= 0.3 is 0 Å². The van der Waals surface area contributed by atoms with E-state index in [1.54, 1.807) is 0 Å². The molecule has 0 saturated carbocycles. The second kappa shape index (κ2) is 5.15. The maximum Gasteiger partial charge on any atom is 0.0857 e. The Morgan fingerprint density at radius 3 is 2.55 bits per heavy atom. The molecule has 2 heterocycles. The van der Waals surface area contributed by atoms with Gasteiger partial charge in [0, 0.05) is 30.8 Å². The SMILES string of the molecule is Cc1nn(C2CC(C)(C)OC2(C)C)cc1CNC(C)C. The highest BCUT2D eigenvalue weighted by Crippen LogP contribution is 2.44. The third-order valence-corrected chi connectivity index (χ3v) is 4.07. The number of hydrogen-bond donors (Lipinski definition) is 1. The van der Waals surface area contributed by atoms with Crippen molar-refractivity contribution in [3.05, 3.63) is 17.5 Å². The summed E-state index contributed by atoms with van der Waals surface area (Å²) in [6.07, 6.45) is 3.18. The summed E-state index contributed by atoms with van der Waals surface area (Å²) in [6, 6.07) is 0.784. The molecule has 1 fully saturated rings. The summed E-state index contributed by atoms with van der Waals surface area (Å²) in [4.78, 5) is 0. The van der Waals surface area contributed by atoms with E-state index in [0.29, 0.717) is 12.1 Å². The number of aromatic nitrogens is 2. The van der Waals surface area contributed by atoms with Gasteiger partial charge in [0.25, 0.3) is 0 Å². The van der Waals surface area contributed by atoms with Crippen molar-refractivity contribution < 1.29 is 4.74 Å². The monoisotopic (exact) mass is 279 g/mol. The molecular formula is C16H29N3O. The van der Waals surface area contributed by atoms with Gasteiger partial charge in [-0.2, -0.15) is 5.10 Å². The summed E-state index contributed by atoms with van der Waals surface area (Å²) in [5.41, 5.74) is 2.13. The number of ether oxygens (including phenoxy) is 1. The van der Waals surface area contributed by atoms with Gasteiger partial charge in [-0.05, 0) is 34.6 Å². The lowest BCUT2D eigenvalue weighted by atomic mass is 9.95. The molecule has 1 aliphatic rings. The molecular weight excluding hydrogens is 250 g/mol. The summed E-state index contributed by atoms with van der Waals surface area (Å²) in [6.45, 7) is 15.9. The fraction of sp³-hybridized carbons (Fsp3) is 0.812. The van der Waals surface area contributed by atoms with Gasteiger partial charge in [0.1, 0.15) is 0 Å². The van der Waals surface area contributed by atoms with Crippen molar-refractivity contribution in [3.63, 3.8) is 0 Å². The first-order chi connectivity index (χ1) is 9.11. The van der Waals surface area contributed by atoms with Gasteiger partial charge in [-0.25, -0.2) is 0 Å². The maximum atomic E-state index is 6.17. The Morgan fingerprint density at radius 1 is 1.40 bits per heavy atom. The first-order valence-electron chi connectivity index (χ1n) is 7.59. The molecule has 4 nitrogen and oxygen atoms in total. The van der Waals surface area contributed by atoms with Crippen molar-refractivity contribution in [1.29, 1.82) is 0 Å². The molecule has 0 amide bonds. The molecule has 1 atom stereocenters. The minimum absolute atomic E-state index is 0.0790. The van der Waals surface area contributed by atoms with Crippen LogP contribution in [0.1, 0.15) is 65.3 Å². The number of aryl methyl sites for hydroxylation is 1. The van der Waals surface area contributed by atoms with E-state index in [0.717, 1.165) is 18.7 Å². The Balaban J connectivity index is 2.19. The van der Waals surface area contributed by atoms with E-state index in [1.807, 2.05) is 0 Å². The van der Waals surface area contributed by atoms with E-state index < -0.39 is 0 Å². The van der Waals surface area contributed by atoms with Gasteiger partial charge in [-0.1, -0.05) is 13.8 Å². The first kappa shape index (κ1) is 15.5. The minimum atomic E-state index is -0.176. The number of hydrogen-bond acceptors (Lipinski definition) is 3. The Hall–Kier alpha value is -0.870. The molecule has 0 radical (unpaired) electrons. The van der Waals surface area contributed by atoms with Crippen LogP contribution in [0.15, 0.2) is 6.20 Å². The predicted molar refractivity (Wildman–Crippen MR) is 81.8 cm³/mol. The fourth-order valence-electron chi connectivity index (χ4n) is 3.11. The Morgan fingerprint density at radius 2 is 2.05 bits per heavy atom. The smallest absolute Gasteiger partial charge is 0.0857 e. The van der Waals surface area contributed by atoms with E-state index in [4.69, 9.17) is 9.84 Å². The Labute approximate surface area is 122 Å². The molecule has 1 unspecified atom stereocenters. The molecule has 2 rings (SSSR count). The topological polar surface area (TPSA) is 39.1 Å². The standard InChI is InChI=1S/C16H29N3O/c1-11(2)17-9-13-10-19(18-12(13)3)14-8-15(4,5)20-16(14,6)7/h10-11,14,17H,8-9H2,1-7H3. The number of nitrogens with zero attached hydrogens (tertiary/aromatic N) is 2. The highest BCUT2D eigenvalue weighted by atomic mass is 16.5. The van der Waals surface area contributed by atoms with Crippen molar-refractivity contribution in [2.24, 2.45) is 0 Å². The predicted octanol–water partition coefficient (Wildman–Crippen LogP) is 3.21. The van der Waals surface area contributed by atoms with Gasteiger partial charge in [0.15, 0.2) is 0 Å². The molecule has 114 valence electrons. The number of nitrogens with one attached hydrogen (secondary N) is 1. The lowest BCUT2D eigenvalue weighted by Gasteiger charge is -2.27. The van der Waals surface area contributed by atoms with E-state index >= 15 is 0 Å². The summed E-state index contributed by atoms with van der Waals surface area (Å²) in [5, 5.41) is 8.19. The molecule has 1 aliphatic heterocycles. The zero-order chi connectivity index (χ0) is 15.1. The molecule has 1 saturated heterocycles. The van der Waals surface area contributed by atoms with Crippen LogP contribution in [-0.2, 0) is 11.3 Å². The molecule has 0 spiro atoms. The summed E-state index contributed by atoms with van der Waals surface area (Å²) < 4.78 is 8.29. The normalized spacial score (nSPS) is 24.5. The average molecular weight is 279 g/mol. The van der Waals surface area contributed by atoms with Crippen LogP contribution in [0.25, 0.3) is 0 Å². The molecule has 1 aromatic heterocycles. The third kappa shape index (κ3) is 3.23. The third-order valence-electron chi connectivity index (χ3n) is 4.07. The van der Waals surface area contributed by atoms with Crippen LogP contribution in [-0.4, -0.2) is 27.0 Å². The molecule has 1 aromatic rings. The van der Waals surface area contributed by atoms with Gasteiger partial charge in [-0.3, -0.25) is 4.68 Å². The fourth-order valence-corrected chi connectivity index (χ4v) is 3.11. The van der Waals surface area contributed by atoms with E-state index in [-0.39, 0.29) is 11.2 Å². The Bertz CT molecular complexity index is 474. The zero-order valence-electron chi connectivity index (χ0n) is 13.9. The van der Waals surface area contributed by atoms with Gasteiger partial charge in [0.05, 0.1) is 22.9 Å². The van der Waals surface area contributed by atoms with Crippen molar-refractivity contribution >= 4 is 0 Å². The molecule has 0 aliphatic carbocycles. The van der Waals surface area contributed by atoms with Crippen LogP contribution in [0, 0.1) is 6.92 Å². The average Bonchev–Trinajstić information content (AvgIpc) is 2.72. The van der Waals surface area contributed by atoms with Gasteiger partial charge in [-0.15, -0.1) is 0 Å². The highest BCUT2D eigenvalue weighted by Gasteiger charge is 2.47. The Kier molecular flexibility index (Phi) is 4.00. The van der Waals surface area contributed by atoms with Crippen molar-refractivity contribution in [2.75, 3.05) is 0 Å². The van der Waals surface area contributed by atoms with Crippen LogP contribution >= 0.6 is 0 Å². The molecule has 0 bridgehead atoms. The molecule has 1 N–H and O–H groups in total. The van der Waals surface area contributed by atoms with Crippen molar-refractivity contribution in [2.45, 2.75) is 84.7 Å². The number of rotatable bonds is 4. The quantitative estimate of drug-likeness (QED) is 0.920. The zero-order valence-corrected chi connectivity index (χ0v) is 13.9. The molecule has 0 aromatic carbocycles. The van der Waals surface area contributed by atoms with Crippen LogP contribution in [0.5, 0.6) is 0 Å². The lowest BCUT2D eigenvalue weighted by molar-refractivity contribution is -0.0737. The second-order valence-electron chi connectivity index (χ2n) is 7.44. The van der Waals surface area contributed by atoms with Crippen LogP contribution in [0.3, 0.4) is 0 Å². The van der Waals surface area contributed by atoms with E-state index in [1.165, 1.54) is 5.56 Å². The van der Waals surface area contributed by atoms with Gasteiger partial charge < -0.3 is 10.1 Å². The lowest BCUT2D eigenvalue weighted by Crippen LogP contribution is -2.31. The summed E-state index contributed by atoms with van der Waals surface area (Å²) in [5.74, 6) is 0. The molecule has 20 heavy (non-hydrogen) atoms. The van der Waals surface area contributed by atoms with Crippen LogP contribution < -0.4 is 5.32 Å². The van der Waals surface area contributed by atoms with Crippen LogP contribution in [0.4, 0.5) is 0 Å². The second-order valence-corrected chi connectivity index (χ2v) is 7.44. The maximum absolute atomic E-state index is 6.17. The minimum Gasteiger partial charge on any atom is -0.367 e. The van der Waals surface area contributed by atoms with Crippen molar-refractivity contribution in [3.8, 4) is 0 Å². The van der Waals surface area contributed by atoms with E-state index in [9.17, 15) is 0 Å². The van der Waals surface area contributed by atoms with Crippen molar-refractivity contribution in [1.82, 2.24) is 15.1 Å². The summed E-state index contributed by atoms with van der Waals surface area (Å²) >= 11 is 0. The summed E-state index contributed by atoms with van der Waals surface area (Å²) in [7, 11) is 0. The van der Waals surface area contributed by atoms with Crippen LogP contribution in [0.2, 0.25) is 0 Å². The van der Waals surface area contributed by atoms with Gasteiger partial charge in [0.2, 0.25) is 0 Å². The largest absolute Gasteiger partial charge is 0.367 e. The molecule has 4 heteroatoms. The first-order valence-corrected chi connectivity index (χ1v) is 7.59. The highest BCUT2D eigenvalue weighted by molar-refractivity contribution is 5.16.